The molecule has 0 amide bonds. The van der Waals surface area contributed by atoms with Crippen molar-refractivity contribution in [3.05, 3.63) is 22.7 Å². The number of benzene rings is 1. The number of halogens is 1. The molecule has 0 heterocycles. The Hall–Kier alpha value is -0.980. The van der Waals surface area contributed by atoms with Crippen molar-refractivity contribution in [3.8, 4) is 0 Å². The van der Waals surface area contributed by atoms with Crippen LogP contribution in [0.25, 0.3) is 0 Å². The Bertz CT molecular complexity index is 529. The van der Waals surface area contributed by atoms with Crippen LogP contribution in [-0.4, -0.2) is 39.1 Å². The van der Waals surface area contributed by atoms with Crippen LogP contribution in [0, 0.1) is 6.92 Å². The molecule has 3 N–H and O–H groups in total. The first-order valence-corrected chi connectivity index (χ1v) is 7.42. The molecule has 0 saturated heterocycles. The fourth-order valence-corrected chi connectivity index (χ4v) is 2.28. The number of anilines is 2. The van der Waals surface area contributed by atoms with Crippen molar-refractivity contribution >= 4 is 33.0 Å². The summed E-state index contributed by atoms with van der Waals surface area (Å²) in [7, 11) is -0.157. The van der Waals surface area contributed by atoms with Gasteiger partial charge in [-0.2, -0.15) is 0 Å². The number of sulfonamides is 1. The first-order chi connectivity index (χ1) is 8.24. The summed E-state index contributed by atoms with van der Waals surface area (Å²) in [5.74, 6) is 0.0292. The average molecular weight is 292 g/mol. The van der Waals surface area contributed by atoms with Gasteiger partial charge < -0.3 is 11.1 Å². The lowest BCUT2D eigenvalue weighted by Crippen LogP contribution is -2.28. The number of nitrogens with zero attached hydrogens (tertiary/aromatic N) is 1. The molecule has 1 aromatic rings. The third kappa shape index (κ3) is 3.76. The van der Waals surface area contributed by atoms with Crippen LogP contribution in [-0.2, 0) is 10.0 Å². The Morgan fingerprint density at radius 2 is 2.00 bits per heavy atom. The van der Waals surface area contributed by atoms with Crippen LogP contribution in [0.4, 0.5) is 11.4 Å². The monoisotopic (exact) mass is 291 g/mol. The Morgan fingerprint density at radius 3 is 2.56 bits per heavy atom. The number of nitrogens with two attached hydrogens (primary N) is 1. The molecule has 0 atom stereocenters. The Balaban J connectivity index is 2.68. The SMILES string of the molecule is Cc1cc(N)c(Cl)cc1NCCS(=O)(=O)N(C)C. The van der Waals surface area contributed by atoms with Crippen LogP contribution in [0.1, 0.15) is 5.56 Å². The number of hydrogen-bond donors (Lipinski definition) is 2. The molecule has 7 heteroatoms. The van der Waals surface area contributed by atoms with Crippen LogP contribution in [0.2, 0.25) is 5.02 Å². The van der Waals surface area contributed by atoms with E-state index >= 15 is 0 Å². The maximum atomic E-state index is 11.6. The first-order valence-electron chi connectivity index (χ1n) is 5.43. The summed E-state index contributed by atoms with van der Waals surface area (Å²) in [5, 5.41) is 3.50. The largest absolute Gasteiger partial charge is 0.398 e. The van der Waals surface area contributed by atoms with E-state index in [1.54, 1.807) is 12.1 Å². The highest BCUT2D eigenvalue weighted by Crippen LogP contribution is 2.26. The number of nitrogens with one attached hydrogen (secondary N) is 1. The van der Waals surface area contributed by atoms with Crippen molar-refractivity contribution in [1.29, 1.82) is 0 Å². The van der Waals surface area contributed by atoms with E-state index in [4.69, 9.17) is 17.3 Å². The lowest BCUT2D eigenvalue weighted by atomic mass is 10.2. The van der Waals surface area contributed by atoms with Gasteiger partial charge in [-0.3, -0.25) is 0 Å². The van der Waals surface area contributed by atoms with Gasteiger partial charge >= 0.3 is 0 Å². The molecule has 5 nitrogen and oxygen atoms in total. The molecule has 0 unspecified atom stereocenters. The molecule has 0 fully saturated rings. The molecule has 0 aromatic heterocycles. The van der Waals surface area contributed by atoms with Crippen LogP contribution in [0.5, 0.6) is 0 Å². The lowest BCUT2D eigenvalue weighted by Gasteiger charge is -2.14. The minimum Gasteiger partial charge on any atom is -0.398 e. The predicted octanol–water partition coefficient (Wildman–Crippen LogP) is 1.53. The van der Waals surface area contributed by atoms with Crippen molar-refractivity contribution in [2.45, 2.75) is 6.92 Å². The average Bonchev–Trinajstić information content (AvgIpc) is 2.25. The zero-order chi connectivity index (χ0) is 13.9. The summed E-state index contributed by atoms with van der Waals surface area (Å²) >= 11 is 5.91. The highest BCUT2D eigenvalue weighted by atomic mass is 35.5. The van der Waals surface area contributed by atoms with Crippen molar-refractivity contribution in [2.24, 2.45) is 0 Å². The van der Waals surface area contributed by atoms with Gasteiger partial charge in [-0.05, 0) is 24.6 Å². The quantitative estimate of drug-likeness (QED) is 0.807. The van der Waals surface area contributed by atoms with Crippen LogP contribution in [0.15, 0.2) is 12.1 Å². The second kappa shape index (κ2) is 5.77. The fraction of sp³-hybridized carbons (Fsp3) is 0.455. The molecule has 1 aromatic carbocycles. The number of rotatable bonds is 5. The Kier molecular flexibility index (Phi) is 4.84. The lowest BCUT2D eigenvalue weighted by molar-refractivity contribution is 0.521. The van der Waals surface area contributed by atoms with E-state index in [1.165, 1.54) is 18.4 Å². The topological polar surface area (TPSA) is 75.4 Å². The number of aryl methyl sites for hydroxylation is 1. The van der Waals surface area contributed by atoms with Gasteiger partial charge in [0.15, 0.2) is 0 Å². The van der Waals surface area contributed by atoms with Gasteiger partial charge in [-0.25, -0.2) is 12.7 Å². The van der Waals surface area contributed by atoms with E-state index in [0.29, 0.717) is 17.3 Å². The van der Waals surface area contributed by atoms with Crippen LogP contribution >= 0.6 is 11.6 Å². The maximum Gasteiger partial charge on any atom is 0.215 e. The summed E-state index contributed by atoms with van der Waals surface area (Å²) in [6.45, 7) is 2.21. The Labute approximate surface area is 113 Å². The third-order valence-electron chi connectivity index (χ3n) is 2.58. The first kappa shape index (κ1) is 15.1. The molecule has 1 rings (SSSR count). The molecule has 0 radical (unpaired) electrons. The highest BCUT2D eigenvalue weighted by Gasteiger charge is 2.13. The van der Waals surface area contributed by atoms with Crippen LogP contribution in [0.3, 0.4) is 0 Å². The molecule has 0 aliphatic rings. The van der Waals surface area contributed by atoms with Gasteiger partial charge in [0.2, 0.25) is 10.0 Å². The molecule has 0 saturated carbocycles. The molecule has 0 aliphatic carbocycles. The minimum atomic E-state index is -3.19. The van der Waals surface area contributed by atoms with Gasteiger partial charge in [0, 0.05) is 26.3 Å². The molecular weight excluding hydrogens is 274 g/mol. The van der Waals surface area contributed by atoms with Crippen LogP contribution < -0.4 is 11.1 Å². The third-order valence-corrected chi connectivity index (χ3v) is 4.74. The fourth-order valence-electron chi connectivity index (χ4n) is 1.39. The Morgan fingerprint density at radius 1 is 1.39 bits per heavy atom. The van der Waals surface area contributed by atoms with Gasteiger partial charge in [0.05, 0.1) is 16.5 Å². The van der Waals surface area contributed by atoms with Gasteiger partial charge in [0.25, 0.3) is 0 Å². The standard InChI is InChI=1S/C11H18ClN3O2S/c1-8-6-10(13)9(12)7-11(8)14-4-5-18(16,17)15(2)3/h6-7,14H,4-5,13H2,1-3H3. The van der Waals surface area contributed by atoms with E-state index < -0.39 is 10.0 Å². The maximum absolute atomic E-state index is 11.6. The zero-order valence-electron chi connectivity index (χ0n) is 10.7. The molecule has 102 valence electrons. The molecular formula is C11H18ClN3O2S. The van der Waals surface area contributed by atoms with E-state index in [0.717, 1.165) is 11.3 Å². The summed E-state index contributed by atoms with van der Waals surface area (Å²) in [6, 6.07) is 3.46. The summed E-state index contributed by atoms with van der Waals surface area (Å²) in [6.07, 6.45) is 0. The van der Waals surface area contributed by atoms with Gasteiger partial charge in [-0.1, -0.05) is 11.6 Å². The second-order valence-corrected chi connectivity index (χ2v) is 6.92. The van der Waals surface area contributed by atoms with Crippen molar-refractivity contribution in [1.82, 2.24) is 4.31 Å². The van der Waals surface area contributed by atoms with E-state index in [2.05, 4.69) is 5.32 Å². The van der Waals surface area contributed by atoms with Crippen molar-refractivity contribution < 1.29 is 8.42 Å². The summed E-state index contributed by atoms with van der Waals surface area (Å²) in [4.78, 5) is 0. The molecule has 18 heavy (non-hydrogen) atoms. The summed E-state index contributed by atoms with van der Waals surface area (Å²) < 4.78 is 24.3. The second-order valence-electron chi connectivity index (χ2n) is 4.21. The molecule has 0 spiro atoms. The summed E-state index contributed by atoms with van der Waals surface area (Å²) in [5.41, 5.74) is 7.90. The highest BCUT2D eigenvalue weighted by molar-refractivity contribution is 7.89. The molecule has 0 bridgehead atoms. The number of hydrogen-bond acceptors (Lipinski definition) is 4. The van der Waals surface area contributed by atoms with E-state index in [1.807, 2.05) is 6.92 Å². The van der Waals surface area contributed by atoms with Crippen molar-refractivity contribution in [3.63, 3.8) is 0 Å². The van der Waals surface area contributed by atoms with E-state index in [9.17, 15) is 8.42 Å². The normalized spacial score (nSPS) is 11.8. The molecule has 0 aliphatic heterocycles. The predicted molar refractivity (Wildman–Crippen MR) is 76.6 cm³/mol. The zero-order valence-corrected chi connectivity index (χ0v) is 12.3. The number of nitrogen functional groups attached to an aromatic ring is 1. The van der Waals surface area contributed by atoms with Gasteiger partial charge in [0.1, 0.15) is 0 Å². The minimum absolute atomic E-state index is 0.0292. The van der Waals surface area contributed by atoms with Crippen molar-refractivity contribution in [2.75, 3.05) is 37.4 Å². The van der Waals surface area contributed by atoms with E-state index in [-0.39, 0.29) is 5.75 Å². The smallest absolute Gasteiger partial charge is 0.215 e. The van der Waals surface area contributed by atoms with Gasteiger partial charge in [-0.15, -0.1) is 0 Å².